The van der Waals surface area contributed by atoms with Crippen LogP contribution in [0.25, 0.3) is 22.3 Å². The summed E-state index contributed by atoms with van der Waals surface area (Å²) in [4.78, 5) is 13.6. The number of methoxy groups -OCH3 is 2. The van der Waals surface area contributed by atoms with E-state index in [-0.39, 0.29) is 45.3 Å². The summed E-state index contributed by atoms with van der Waals surface area (Å²) in [6.07, 6.45) is -25.3. The molecule has 310 valence electrons. The van der Waals surface area contributed by atoms with Crippen molar-refractivity contribution in [3.63, 3.8) is 0 Å². The number of hydrogen-bond acceptors (Lipinski definition) is 21. The number of phenolic OH excluding ortho intramolecular Hbond substituents is 2. The molecule has 0 radical (unpaired) electrons. The number of ether oxygens (including phenoxy) is 8. The van der Waals surface area contributed by atoms with Crippen molar-refractivity contribution in [1.82, 2.24) is 0 Å². The van der Waals surface area contributed by atoms with E-state index in [0.717, 1.165) is 12.1 Å². The molecule has 2 aromatic carbocycles. The van der Waals surface area contributed by atoms with Crippen LogP contribution in [0.15, 0.2) is 39.5 Å². The van der Waals surface area contributed by atoms with Crippen molar-refractivity contribution < 1.29 is 98.5 Å². The van der Waals surface area contributed by atoms with Gasteiger partial charge in [-0.05, 0) is 25.1 Å². The zero-order valence-electron chi connectivity index (χ0n) is 30.0. The number of aromatic hydroxyl groups is 2. The fourth-order valence-corrected chi connectivity index (χ4v) is 6.62. The summed E-state index contributed by atoms with van der Waals surface area (Å²) < 4.78 is 50.5. The molecular weight excluding hydrogens is 756 g/mol. The Hall–Kier alpha value is -3.91. The van der Waals surface area contributed by atoms with Crippen LogP contribution in [0.4, 0.5) is 0 Å². The van der Waals surface area contributed by atoms with Gasteiger partial charge >= 0.3 is 0 Å². The zero-order valence-corrected chi connectivity index (χ0v) is 30.0. The first-order valence-corrected chi connectivity index (χ1v) is 17.3. The van der Waals surface area contributed by atoms with Crippen LogP contribution in [0.1, 0.15) is 6.92 Å². The van der Waals surface area contributed by atoms with Gasteiger partial charge in [-0.3, -0.25) is 4.79 Å². The standard InChI is InChI=1S/C35H44O21/c1-11-21(39)25(43)28(46)33(51-11)50-10-19-23(41)27(45)32(56-34-29(47)26(44)22(40)18(9-36)54-34)35(55-19)52-13-7-15(38)20-17(8-13)53-30(31(49-3)24(20)42)12-4-5-16(48-2)14(37)6-12/h4-8,11,18-19,21-23,25-29,32-41,43-47H,9-10H2,1-3H3/t11-,18+,19+,21-,22+,23+,25+,26-,27-,28+,29+,32+,33+,34-,35+/m0/s1. The van der Waals surface area contributed by atoms with Gasteiger partial charge in [0.25, 0.3) is 0 Å². The maximum absolute atomic E-state index is 13.6. The first-order valence-electron chi connectivity index (χ1n) is 17.3. The van der Waals surface area contributed by atoms with E-state index in [0.29, 0.717) is 0 Å². The molecule has 0 saturated carbocycles. The molecule has 0 bridgehead atoms. The minimum absolute atomic E-state index is 0.126. The van der Waals surface area contributed by atoms with Crippen LogP contribution in [0.5, 0.6) is 28.7 Å². The minimum atomic E-state index is -1.98. The highest BCUT2D eigenvalue weighted by Gasteiger charge is 2.52. The number of hydrogen-bond donors (Lipinski definition) is 11. The van der Waals surface area contributed by atoms with Crippen molar-refractivity contribution in [2.75, 3.05) is 27.4 Å². The Morgan fingerprint density at radius 3 is 2.02 bits per heavy atom. The van der Waals surface area contributed by atoms with Gasteiger partial charge in [-0.2, -0.15) is 0 Å². The Balaban J connectivity index is 1.34. The van der Waals surface area contributed by atoms with Gasteiger partial charge in [-0.25, -0.2) is 0 Å². The van der Waals surface area contributed by atoms with Crippen LogP contribution in [-0.4, -0.2) is 176 Å². The number of aliphatic hydroxyl groups is 9. The lowest BCUT2D eigenvalue weighted by Crippen LogP contribution is -2.65. The Morgan fingerprint density at radius 1 is 0.696 bits per heavy atom. The molecule has 0 amide bonds. The highest BCUT2D eigenvalue weighted by molar-refractivity contribution is 5.88. The van der Waals surface area contributed by atoms with Crippen LogP contribution in [0.3, 0.4) is 0 Å². The van der Waals surface area contributed by atoms with E-state index in [1.165, 1.54) is 39.3 Å². The topological polar surface area (TPSA) is 327 Å². The van der Waals surface area contributed by atoms with E-state index in [9.17, 15) is 61.0 Å². The molecule has 0 aliphatic carbocycles. The van der Waals surface area contributed by atoms with Crippen molar-refractivity contribution in [1.29, 1.82) is 0 Å². The molecule has 15 atom stereocenters. The number of aliphatic hydroxyl groups excluding tert-OH is 9. The second-order valence-corrected chi connectivity index (χ2v) is 13.5. The summed E-state index contributed by atoms with van der Waals surface area (Å²) in [5.74, 6) is -1.61. The van der Waals surface area contributed by atoms with E-state index in [4.69, 9.17) is 42.3 Å². The van der Waals surface area contributed by atoms with Gasteiger partial charge in [0, 0.05) is 17.7 Å². The van der Waals surface area contributed by atoms with Crippen molar-refractivity contribution in [3.8, 4) is 40.1 Å². The molecule has 56 heavy (non-hydrogen) atoms. The molecule has 6 rings (SSSR count). The first kappa shape index (κ1) is 41.7. The number of phenols is 2. The summed E-state index contributed by atoms with van der Waals surface area (Å²) in [6.45, 7) is -0.0457. The van der Waals surface area contributed by atoms with Crippen molar-refractivity contribution in [2.24, 2.45) is 0 Å². The molecule has 3 fully saturated rings. The fourth-order valence-electron chi connectivity index (χ4n) is 6.62. The molecule has 4 heterocycles. The summed E-state index contributed by atoms with van der Waals surface area (Å²) in [6, 6.07) is 6.26. The van der Waals surface area contributed by atoms with E-state index < -0.39 is 117 Å². The molecule has 3 aliphatic heterocycles. The van der Waals surface area contributed by atoms with Crippen LogP contribution in [0.2, 0.25) is 0 Å². The summed E-state index contributed by atoms with van der Waals surface area (Å²) in [5, 5.41) is 115. The van der Waals surface area contributed by atoms with Gasteiger partial charge in [-0.1, -0.05) is 0 Å². The van der Waals surface area contributed by atoms with Crippen LogP contribution in [0, 0.1) is 0 Å². The molecule has 21 heteroatoms. The minimum Gasteiger partial charge on any atom is -0.507 e. The average Bonchev–Trinajstić information content (AvgIpc) is 3.17. The molecule has 3 aromatic rings. The van der Waals surface area contributed by atoms with Crippen molar-refractivity contribution in [3.05, 3.63) is 40.6 Å². The fraction of sp³-hybridized carbons (Fsp3) is 0.571. The Morgan fingerprint density at radius 2 is 1.36 bits per heavy atom. The smallest absolute Gasteiger partial charge is 0.239 e. The largest absolute Gasteiger partial charge is 0.507 e. The molecule has 11 N–H and O–H groups in total. The maximum atomic E-state index is 13.6. The summed E-state index contributed by atoms with van der Waals surface area (Å²) in [7, 11) is 2.54. The van der Waals surface area contributed by atoms with Crippen molar-refractivity contribution in [2.45, 2.75) is 99.0 Å². The number of fused-ring (bicyclic) bond motifs is 1. The predicted octanol–water partition coefficient (Wildman–Crippen LogP) is -3.26. The molecule has 21 nitrogen and oxygen atoms in total. The van der Waals surface area contributed by atoms with Gasteiger partial charge in [-0.15, -0.1) is 0 Å². The number of rotatable bonds is 11. The van der Waals surface area contributed by atoms with Crippen molar-refractivity contribution >= 4 is 11.0 Å². The summed E-state index contributed by atoms with van der Waals surface area (Å²) in [5.41, 5.74) is -0.898. The van der Waals surface area contributed by atoms with Gasteiger partial charge in [0.2, 0.25) is 17.5 Å². The number of benzene rings is 2. The molecule has 0 spiro atoms. The first-order chi connectivity index (χ1) is 26.6. The Bertz CT molecular complexity index is 1890. The predicted molar refractivity (Wildman–Crippen MR) is 183 cm³/mol. The SMILES string of the molecule is COc1ccc(-c2oc3cc(O[C@@H]4O[C@H](CO[C@@H]5O[C@@H](C)[C@H](O)[C@@H](O)[C@H]5O)[C@@H](O)[C@H](O)[C@H]4O[C@@H]4O[C@H](CO)[C@@H](O)[C@H](O)[C@H]4O)cc(O)c3c(=O)c2OC)cc1O. The second kappa shape index (κ2) is 16.9. The van der Waals surface area contributed by atoms with Gasteiger partial charge in [0.15, 0.2) is 35.9 Å². The quantitative estimate of drug-likeness (QED) is 0.0907. The second-order valence-electron chi connectivity index (χ2n) is 13.5. The van der Waals surface area contributed by atoms with E-state index >= 15 is 0 Å². The van der Waals surface area contributed by atoms with E-state index in [1.54, 1.807) is 0 Å². The van der Waals surface area contributed by atoms with Gasteiger partial charge in [0.05, 0.1) is 33.5 Å². The van der Waals surface area contributed by atoms with Gasteiger partial charge in [0.1, 0.15) is 83.5 Å². The summed E-state index contributed by atoms with van der Waals surface area (Å²) >= 11 is 0. The normalized spacial score (nSPS) is 36.3. The third-order valence-corrected chi connectivity index (χ3v) is 9.82. The molecular formula is C35H44O21. The maximum Gasteiger partial charge on any atom is 0.239 e. The highest BCUT2D eigenvalue weighted by atomic mass is 16.8. The van der Waals surface area contributed by atoms with E-state index in [2.05, 4.69) is 0 Å². The van der Waals surface area contributed by atoms with Crippen LogP contribution in [-0.2, 0) is 23.7 Å². The Kier molecular flexibility index (Phi) is 12.6. The lowest BCUT2D eigenvalue weighted by atomic mass is 9.97. The monoisotopic (exact) mass is 800 g/mol. The molecule has 3 saturated heterocycles. The highest BCUT2D eigenvalue weighted by Crippen LogP contribution is 2.40. The lowest BCUT2D eigenvalue weighted by molar-refractivity contribution is -0.362. The molecule has 1 aromatic heterocycles. The third-order valence-electron chi connectivity index (χ3n) is 9.82. The third kappa shape index (κ3) is 7.84. The Labute approximate surface area is 316 Å². The molecule has 0 unspecified atom stereocenters. The lowest BCUT2D eigenvalue weighted by Gasteiger charge is -2.46. The van der Waals surface area contributed by atoms with Gasteiger partial charge < -0.3 is 98.5 Å². The average molecular weight is 801 g/mol. The van der Waals surface area contributed by atoms with Crippen LogP contribution < -0.4 is 19.6 Å². The zero-order chi connectivity index (χ0) is 40.7. The molecule has 3 aliphatic rings. The van der Waals surface area contributed by atoms with Crippen LogP contribution >= 0.6 is 0 Å². The van der Waals surface area contributed by atoms with E-state index in [1.807, 2.05) is 0 Å².